The Labute approximate surface area is 201 Å². The van der Waals surface area contributed by atoms with Gasteiger partial charge in [0.2, 0.25) is 5.91 Å². The van der Waals surface area contributed by atoms with Crippen LogP contribution >= 0.6 is 0 Å². The zero-order valence-electron chi connectivity index (χ0n) is 20.0. The Kier molecular flexibility index (Phi) is 6.17. The number of phenolic OH excluding ortho intramolecular Hbond substituents is 1. The van der Waals surface area contributed by atoms with Crippen LogP contribution in [0.15, 0.2) is 12.1 Å². The molecule has 0 aromatic heterocycles. The Hall–Kier alpha value is -2.99. The maximum absolute atomic E-state index is 13.7. The van der Waals surface area contributed by atoms with Crippen molar-refractivity contribution >= 4 is 29.0 Å². The van der Waals surface area contributed by atoms with E-state index in [1.807, 2.05) is 0 Å². The molecule has 35 heavy (non-hydrogen) atoms. The number of hydrogen-bond donors (Lipinski definition) is 3. The summed E-state index contributed by atoms with van der Waals surface area (Å²) in [5, 5.41) is 23.6. The predicted octanol–water partition coefficient (Wildman–Crippen LogP) is -1.14. The lowest BCUT2D eigenvalue weighted by atomic mass is 9.52. The van der Waals surface area contributed by atoms with Crippen molar-refractivity contribution < 1.29 is 39.0 Å². The molecule has 1 aromatic carbocycles. The number of ketones is 4. The van der Waals surface area contributed by atoms with Crippen LogP contribution in [-0.2, 0) is 37.0 Å². The number of aromatic hydroxyl groups is 1. The molecule has 11 nitrogen and oxygen atoms in total. The molecule has 0 saturated heterocycles. The molecule has 4 rings (SSSR count). The van der Waals surface area contributed by atoms with Gasteiger partial charge in [-0.05, 0) is 50.0 Å². The standard InChI is InChI=1S/C24H29N3O8/c1-26(2)18-13-8-11-7-12-10(9-27(3)35-4)5-6-14(28)16(12)19(29)15(11)21(31)24(13,34)22(32)17(20(18)30)23(25)33/h5-6,11,13,15,17-18,28,34H,7-9H2,1-4H3,(H2,25,33)/t11?,13?,15?,17?,18-,24-/m0/s1. The largest absolute Gasteiger partial charge is 0.507 e. The van der Waals surface area contributed by atoms with Gasteiger partial charge in [0.25, 0.3) is 0 Å². The topological polar surface area (TPSA) is 168 Å². The maximum atomic E-state index is 13.7. The highest BCUT2D eigenvalue weighted by Crippen LogP contribution is 2.51. The van der Waals surface area contributed by atoms with E-state index in [1.54, 1.807) is 32.3 Å². The van der Waals surface area contributed by atoms with Gasteiger partial charge in [-0.15, -0.1) is 0 Å². The number of fused-ring (bicyclic) bond motifs is 3. The molecule has 3 aliphatic carbocycles. The van der Waals surface area contributed by atoms with E-state index >= 15 is 0 Å². The minimum absolute atomic E-state index is 0.0130. The third-order valence-corrected chi connectivity index (χ3v) is 7.75. The van der Waals surface area contributed by atoms with Crippen LogP contribution in [0.1, 0.15) is 27.9 Å². The van der Waals surface area contributed by atoms with Gasteiger partial charge in [0.15, 0.2) is 34.7 Å². The van der Waals surface area contributed by atoms with Gasteiger partial charge in [-0.2, -0.15) is 5.06 Å². The van der Waals surface area contributed by atoms with Crippen LogP contribution in [0.4, 0.5) is 0 Å². The number of rotatable bonds is 5. The summed E-state index contributed by atoms with van der Waals surface area (Å²) in [7, 11) is 6.29. The van der Waals surface area contributed by atoms with Gasteiger partial charge >= 0.3 is 0 Å². The fourth-order valence-corrected chi connectivity index (χ4v) is 6.12. The fraction of sp³-hybridized carbons (Fsp3) is 0.542. The normalized spacial score (nSPS) is 32.5. The number of nitrogens with two attached hydrogens (primary N) is 1. The number of Topliss-reactive ketones (excluding diaryl/α,β-unsaturated/α-hetero) is 4. The number of likely N-dealkylation sites (N-methyl/N-ethyl adjacent to an activating group) is 1. The summed E-state index contributed by atoms with van der Waals surface area (Å²) in [5.74, 6) is -10.5. The van der Waals surface area contributed by atoms with Gasteiger partial charge in [-0.1, -0.05) is 6.07 Å². The van der Waals surface area contributed by atoms with Crippen LogP contribution in [0.3, 0.4) is 0 Å². The van der Waals surface area contributed by atoms with Gasteiger partial charge in [-0.25, -0.2) is 0 Å². The molecule has 0 radical (unpaired) electrons. The van der Waals surface area contributed by atoms with Crippen LogP contribution in [0.2, 0.25) is 0 Å². The van der Waals surface area contributed by atoms with Crippen molar-refractivity contribution in [3.05, 3.63) is 28.8 Å². The minimum atomic E-state index is -2.72. The second kappa shape index (κ2) is 8.59. The van der Waals surface area contributed by atoms with Crippen LogP contribution in [0.5, 0.6) is 5.75 Å². The molecule has 188 valence electrons. The smallest absolute Gasteiger partial charge is 0.235 e. The third kappa shape index (κ3) is 3.53. The molecular formula is C24H29N3O8. The highest BCUT2D eigenvalue weighted by molar-refractivity contribution is 6.32. The SMILES string of the molecule is CON(C)Cc1ccc(O)c2c1CC1CC3[C@H](N(C)C)C(=O)C(C(N)=O)C(=O)[C@@]3(O)C(=O)C1C2=O. The molecule has 3 aliphatic rings. The van der Waals surface area contributed by atoms with E-state index in [1.165, 1.54) is 18.1 Å². The Bertz CT molecular complexity index is 1150. The maximum Gasteiger partial charge on any atom is 0.235 e. The molecule has 0 spiro atoms. The van der Waals surface area contributed by atoms with Crippen LogP contribution < -0.4 is 5.73 Å². The molecule has 0 heterocycles. The number of amides is 1. The predicted molar refractivity (Wildman–Crippen MR) is 120 cm³/mol. The summed E-state index contributed by atoms with van der Waals surface area (Å²) in [6.07, 6.45) is 0.228. The average molecular weight is 488 g/mol. The number of hydroxylamine groups is 2. The molecule has 4 N–H and O–H groups in total. The van der Waals surface area contributed by atoms with Crippen molar-refractivity contribution in [2.75, 3.05) is 28.3 Å². The first-order chi connectivity index (χ1) is 16.4. The van der Waals surface area contributed by atoms with Crippen molar-refractivity contribution in [2.45, 2.75) is 31.0 Å². The van der Waals surface area contributed by atoms with E-state index in [2.05, 4.69) is 0 Å². The summed E-state index contributed by atoms with van der Waals surface area (Å²) in [6, 6.07) is 1.90. The molecule has 4 unspecified atom stereocenters. The monoisotopic (exact) mass is 487 g/mol. The Balaban J connectivity index is 1.85. The van der Waals surface area contributed by atoms with Crippen molar-refractivity contribution in [3.63, 3.8) is 0 Å². The molecule has 0 bridgehead atoms. The number of nitrogens with zero attached hydrogens (tertiary/aromatic N) is 2. The van der Waals surface area contributed by atoms with Gasteiger partial charge < -0.3 is 20.8 Å². The number of hydrogen-bond acceptors (Lipinski definition) is 10. The molecule has 6 atom stereocenters. The van der Waals surface area contributed by atoms with Gasteiger partial charge in [0.05, 0.1) is 24.6 Å². The van der Waals surface area contributed by atoms with Gasteiger partial charge in [0, 0.05) is 19.5 Å². The van der Waals surface area contributed by atoms with E-state index in [9.17, 15) is 34.2 Å². The van der Waals surface area contributed by atoms with E-state index in [0.29, 0.717) is 12.1 Å². The second-order valence-corrected chi connectivity index (χ2v) is 9.86. The fourth-order valence-electron chi connectivity index (χ4n) is 6.12. The van der Waals surface area contributed by atoms with Crippen molar-refractivity contribution in [3.8, 4) is 5.75 Å². The van der Waals surface area contributed by atoms with E-state index in [0.717, 1.165) is 5.56 Å². The lowest BCUT2D eigenvalue weighted by Crippen LogP contribution is -2.74. The molecule has 0 aliphatic heterocycles. The Morgan fingerprint density at radius 3 is 2.40 bits per heavy atom. The Morgan fingerprint density at radius 1 is 1.17 bits per heavy atom. The number of carbonyl (C=O) groups is 5. The van der Waals surface area contributed by atoms with Crippen LogP contribution in [0, 0.1) is 23.7 Å². The minimum Gasteiger partial charge on any atom is -0.507 e. The quantitative estimate of drug-likeness (QED) is 0.341. The molecule has 2 fully saturated rings. The first kappa shape index (κ1) is 25.1. The van der Waals surface area contributed by atoms with Crippen molar-refractivity contribution in [2.24, 2.45) is 29.4 Å². The van der Waals surface area contributed by atoms with Gasteiger partial charge in [-0.3, -0.25) is 28.9 Å². The Morgan fingerprint density at radius 2 is 1.83 bits per heavy atom. The molecule has 2 saturated carbocycles. The van der Waals surface area contributed by atoms with E-state index < -0.39 is 64.4 Å². The van der Waals surface area contributed by atoms with Crippen molar-refractivity contribution in [1.82, 2.24) is 9.96 Å². The summed E-state index contributed by atoms with van der Waals surface area (Å²) < 4.78 is 0. The zero-order valence-corrected chi connectivity index (χ0v) is 20.0. The first-order valence-corrected chi connectivity index (χ1v) is 11.3. The van der Waals surface area contributed by atoms with Crippen molar-refractivity contribution in [1.29, 1.82) is 0 Å². The number of phenols is 1. The summed E-state index contributed by atoms with van der Waals surface area (Å²) in [6.45, 7) is 0.308. The second-order valence-electron chi connectivity index (χ2n) is 9.86. The number of primary amides is 1. The third-order valence-electron chi connectivity index (χ3n) is 7.75. The summed E-state index contributed by atoms with van der Waals surface area (Å²) in [5.41, 5.74) is 3.84. The molecular weight excluding hydrogens is 458 g/mol. The summed E-state index contributed by atoms with van der Waals surface area (Å²) >= 11 is 0. The van der Waals surface area contributed by atoms with E-state index in [4.69, 9.17) is 10.6 Å². The summed E-state index contributed by atoms with van der Waals surface area (Å²) in [4.78, 5) is 72.3. The van der Waals surface area contributed by atoms with E-state index in [-0.39, 0.29) is 24.2 Å². The average Bonchev–Trinajstić information content (AvgIpc) is 2.77. The van der Waals surface area contributed by atoms with Gasteiger partial charge in [0.1, 0.15) is 5.75 Å². The van der Waals surface area contributed by atoms with Crippen LogP contribution in [-0.4, -0.2) is 89.1 Å². The molecule has 1 aromatic rings. The first-order valence-electron chi connectivity index (χ1n) is 11.3. The lowest BCUT2D eigenvalue weighted by Gasteiger charge is -2.52. The molecule has 11 heteroatoms. The number of benzene rings is 1. The van der Waals surface area contributed by atoms with Crippen LogP contribution in [0.25, 0.3) is 0 Å². The number of aliphatic hydroxyl groups is 1. The highest BCUT2D eigenvalue weighted by atomic mass is 16.7. The molecule has 1 amide bonds. The lowest BCUT2D eigenvalue weighted by molar-refractivity contribution is -0.181. The highest BCUT2D eigenvalue weighted by Gasteiger charge is 2.69. The number of carbonyl (C=O) groups excluding carboxylic acids is 5. The zero-order chi connectivity index (χ0) is 26.0.